The highest BCUT2D eigenvalue weighted by molar-refractivity contribution is 5.77. The van der Waals surface area contributed by atoms with Crippen molar-refractivity contribution in [1.29, 1.82) is 0 Å². The Balaban J connectivity index is 1.34. The van der Waals surface area contributed by atoms with Crippen LogP contribution in [0.4, 0.5) is 11.5 Å². The first-order valence-electron chi connectivity index (χ1n) is 9.10. The van der Waals surface area contributed by atoms with E-state index in [4.69, 9.17) is 9.47 Å². The van der Waals surface area contributed by atoms with Gasteiger partial charge in [-0.2, -0.15) is 5.10 Å². The molecule has 2 N–H and O–H groups in total. The molecule has 1 fully saturated rings. The number of amides is 1. The minimum absolute atomic E-state index is 0.0312. The Kier molecular flexibility index (Phi) is 6.67. The van der Waals surface area contributed by atoms with Gasteiger partial charge in [0.1, 0.15) is 11.5 Å². The molecular formula is C19H25N5O3. The van der Waals surface area contributed by atoms with E-state index in [2.05, 4.69) is 25.7 Å². The predicted octanol–water partition coefficient (Wildman–Crippen LogP) is 1.69. The first kappa shape index (κ1) is 18.8. The molecule has 1 aliphatic rings. The minimum Gasteiger partial charge on any atom is -0.497 e. The van der Waals surface area contributed by atoms with E-state index in [-0.39, 0.29) is 12.5 Å². The number of aromatic nitrogens is 2. The number of carbonyl (C=O) groups excluding carboxylic acids is 1. The van der Waals surface area contributed by atoms with Crippen LogP contribution in [0.15, 0.2) is 36.5 Å². The lowest BCUT2D eigenvalue weighted by molar-refractivity contribution is -0.123. The quantitative estimate of drug-likeness (QED) is 0.649. The number of rotatable bonds is 9. The van der Waals surface area contributed by atoms with Crippen molar-refractivity contribution in [3.8, 4) is 11.5 Å². The second-order valence-corrected chi connectivity index (χ2v) is 6.23. The van der Waals surface area contributed by atoms with E-state index in [1.54, 1.807) is 37.6 Å². The Morgan fingerprint density at radius 1 is 1.15 bits per heavy atom. The van der Waals surface area contributed by atoms with Crippen LogP contribution >= 0.6 is 0 Å². The van der Waals surface area contributed by atoms with Crippen LogP contribution in [0.3, 0.4) is 0 Å². The summed E-state index contributed by atoms with van der Waals surface area (Å²) in [6.45, 7) is 3.13. The van der Waals surface area contributed by atoms with Gasteiger partial charge in [0.15, 0.2) is 12.4 Å². The van der Waals surface area contributed by atoms with Gasteiger partial charge < -0.3 is 25.0 Å². The van der Waals surface area contributed by atoms with Crippen LogP contribution in [-0.4, -0.2) is 56.0 Å². The van der Waals surface area contributed by atoms with Crippen molar-refractivity contribution >= 4 is 17.4 Å². The monoisotopic (exact) mass is 371 g/mol. The molecule has 0 atom stereocenters. The van der Waals surface area contributed by atoms with Crippen LogP contribution in [-0.2, 0) is 4.79 Å². The molecule has 1 amide bonds. The number of hydrogen-bond acceptors (Lipinski definition) is 7. The smallest absolute Gasteiger partial charge is 0.258 e. The van der Waals surface area contributed by atoms with E-state index in [0.29, 0.717) is 24.7 Å². The van der Waals surface area contributed by atoms with Crippen LogP contribution in [0.25, 0.3) is 0 Å². The van der Waals surface area contributed by atoms with Gasteiger partial charge in [0.25, 0.3) is 5.91 Å². The molecule has 0 radical (unpaired) electrons. The third-order valence-electron chi connectivity index (χ3n) is 4.29. The molecule has 8 nitrogen and oxygen atoms in total. The summed E-state index contributed by atoms with van der Waals surface area (Å²) in [7, 11) is 1.60. The zero-order valence-electron chi connectivity index (χ0n) is 15.5. The van der Waals surface area contributed by atoms with Gasteiger partial charge in [0.2, 0.25) is 0 Å². The summed E-state index contributed by atoms with van der Waals surface area (Å²) >= 11 is 0. The number of anilines is 2. The van der Waals surface area contributed by atoms with E-state index >= 15 is 0 Å². The maximum absolute atomic E-state index is 11.9. The van der Waals surface area contributed by atoms with Crippen LogP contribution in [0.5, 0.6) is 11.5 Å². The molecule has 27 heavy (non-hydrogen) atoms. The van der Waals surface area contributed by atoms with Gasteiger partial charge in [-0.3, -0.25) is 4.79 Å². The zero-order valence-corrected chi connectivity index (χ0v) is 15.5. The Hall–Kier alpha value is -3.03. The molecule has 144 valence electrons. The van der Waals surface area contributed by atoms with Crippen molar-refractivity contribution in [3.05, 3.63) is 36.5 Å². The molecule has 8 heteroatoms. The Bertz CT molecular complexity index is 732. The van der Waals surface area contributed by atoms with Crippen molar-refractivity contribution in [2.45, 2.75) is 12.8 Å². The Morgan fingerprint density at radius 2 is 1.89 bits per heavy atom. The second-order valence-electron chi connectivity index (χ2n) is 6.23. The number of methoxy groups -OCH3 is 1. The summed E-state index contributed by atoms with van der Waals surface area (Å²) in [5, 5.41) is 14.1. The molecule has 1 aromatic carbocycles. The number of nitrogens with zero attached hydrogens (tertiary/aromatic N) is 3. The SMILES string of the molecule is COc1ccc(OCC(=O)NCCNc2cc(N3CCCC3)cnn2)cc1. The molecule has 1 saturated heterocycles. The average Bonchev–Trinajstić information content (AvgIpc) is 3.25. The lowest BCUT2D eigenvalue weighted by Crippen LogP contribution is -2.32. The summed E-state index contributed by atoms with van der Waals surface area (Å²) in [6.07, 6.45) is 4.22. The molecule has 0 saturated carbocycles. The van der Waals surface area contributed by atoms with Gasteiger partial charge in [-0.05, 0) is 37.1 Å². The van der Waals surface area contributed by atoms with Gasteiger partial charge >= 0.3 is 0 Å². The van der Waals surface area contributed by atoms with Crippen molar-refractivity contribution in [3.63, 3.8) is 0 Å². The van der Waals surface area contributed by atoms with E-state index in [0.717, 1.165) is 24.5 Å². The summed E-state index contributed by atoms with van der Waals surface area (Å²) in [5.74, 6) is 1.90. The summed E-state index contributed by atoms with van der Waals surface area (Å²) < 4.78 is 10.5. The largest absolute Gasteiger partial charge is 0.497 e. The Morgan fingerprint density at radius 3 is 2.63 bits per heavy atom. The highest BCUT2D eigenvalue weighted by Gasteiger charge is 2.13. The summed E-state index contributed by atoms with van der Waals surface area (Å²) in [4.78, 5) is 14.2. The first-order chi connectivity index (χ1) is 13.2. The second kappa shape index (κ2) is 9.61. The van der Waals surface area contributed by atoms with Crippen molar-refractivity contribution in [2.75, 3.05) is 50.1 Å². The molecule has 2 heterocycles. The van der Waals surface area contributed by atoms with E-state index in [9.17, 15) is 4.79 Å². The number of carbonyl (C=O) groups is 1. The topological polar surface area (TPSA) is 88.6 Å². The average molecular weight is 371 g/mol. The molecule has 2 aromatic rings. The number of nitrogens with one attached hydrogen (secondary N) is 2. The van der Waals surface area contributed by atoms with Gasteiger partial charge in [0.05, 0.1) is 19.0 Å². The number of ether oxygens (including phenoxy) is 2. The molecule has 0 spiro atoms. The fourth-order valence-corrected chi connectivity index (χ4v) is 2.86. The highest BCUT2D eigenvalue weighted by atomic mass is 16.5. The maximum atomic E-state index is 11.9. The molecular weight excluding hydrogens is 346 g/mol. The molecule has 1 aliphatic heterocycles. The van der Waals surface area contributed by atoms with Crippen LogP contribution in [0.1, 0.15) is 12.8 Å². The minimum atomic E-state index is -0.176. The highest BCUT2D eigenvalue weighted by Crippen LogP contribution is 2.20. The molecule has 1 aromatic heterocycles. The number of benzene rings is 1. The zero-order chi connectivity index (χ0) is 18.9. The standard InChI is InChI=1S/C19H25N5O3/c1-26-16-4-6-17(7-5-16)27-14-19(25)21-9-8-20-18-12-15(13-22-23-18)24-10-2-3-11-24/h4-7,12-13H,2-3,8-11,14H2,1H3,(H,20,23)(H,21,25). The van der Waals surface area contributed by atoms with Gasteiger partial charge in [0, 0.05) is 32.2 Å². The normalized spacial score (nSPS) is 13.3. The van der Waals surface area contributed by atoms with E-state index in [1.165, 1.54) is 12.8 Å². The fourth-order valence-electron chi connectivity index (χ4n) is 2.86. The third kappa shape index (κ3) is 5.73. The number of hydrogen-bond donors (Lipinski definition) is 2. The van der Waals surface area contributed by atoms with Gasteiger partial charge in [-0.15, -0.1) is 5.10 Å². The van der Waals surface area contributed by atoms with Crippen LogP contribution < -0.4 is 25.0 Å². The van der Waals surface area contributed by atoms with Crippen molar-refractivity contribution < 1.29 is 14.3 Å². The van der Waals surface area contributed by atoms with E-state index < -0.39 is 0 Å². The Labute approximate surface area is 158 Å². The lowest BCUT2D eigenvalue weighted by Gasteiger charge is -2.17. The molecule has 0 unspecified atom stereocenters. The van der Waals surface area contributed by atoms with Crippen molar-refractivity contribution in [2.24, 2.45) is 0 Å². The lowest BCUT2D eigenvalue weighted by atomic mass is 10.3. The molecule has 0 aliphatic carbocycles. The molecule has 0 bridgehead atoms. The van der Waals surface area contributed by atoms with Crippen LogP contribution in [0.2, 0.25) is 0 Å². The third-order valence-corrected chi connectivity index (χ3v) is 4.29. The van der Waals surface area contributed by atoms with Gasteiger partial charge in [-0.25, -0.2) is 0 Å². The first-order valence-corrected chi connectivity index (χ1v) is 9.10. The van der Waals surface area contributed by atoms with E-state index in [1.807, 2.05) is 6.07 Å². The van der Waals surface area contributed by atoms with Crippen LogP contribution in [0, 0.1) is 0 Å². The van der Waals surface area contributed by atoms with Crippen molar-refractivity contribution in [1.82, 2.24) is 15.5 Å². The summed E-state index contributed by atoms with van der Waals surface area (Å²) in [5.41, 5.74) is 1.09. The summed E-state index contributed by atoms with van der Waals surface area (Å²) in [6, 6.07) is 9.09. The maximum Gasteiger partial charge on any atom is 0.258 e. The predicted molar refractivity (Wildman–Crippen MR) is 103 cm³/mol. The molecule has 3 rings (SSSR count). The van der Waals surface area contributed by atoms with Gasteiger partial charge in [-0.1, -0.05) is 0 Å². The fraction of sp³-hybridized carbons (Fsp3) is 0.421.